The van der Waals surface area contributed by atoms with Crippen LogP contribution in [0.1, 0.15) is 37.0 Å². The zero-order valence-corrected chi connectivity index (χ0v) is 10.1. The normalized spacial score (nSPS) is 11.1. The van der Waals surface area contributed by atoms with E-state index in [-0.39, 0.29) is 5.56 Å². The predicted molar refractivity (Wildman–Crippen MR) is 66.4 cm³/mol. The molecule has 0 aromatic heterocycles. The van der Waals surface area contributed by atoms with Gasteiger partial charge in [0.05, 0.1) is 5.56 Å². The van der Waals surface area contributed by atoms with Gasteiger partial charge in [0.1, 0.15) is 5.82 Å². The first-order valence-corrected chi connectivity index (χ1v) is 5.77. The Morgan fingerprint density at radius 3 is 2.65 bits per heavy atom. The Morgan fingerprint density at radius 2 is 2.06 bits per heavy atom. The van der Waals surface area contributed by atoms with Crippen molar-refractivity contribution in [3.05, 3.63) is 35.6 Å². The molecule has 0 spiro atoms. The van der Waals surface area contributed by atoms with Gasteiger partial charge in [-0.2, -0.15) is 5.10 Å². The van der Waals surface area contributed by atoms with Gasteiger partial charge >= 0.3 is 0 Å². The number of halogens is 1. The third-order valence-electron chi connectivity index (χ3n) is 2.62. The lowest BCUT2D eigenvalue weighted by atomic mass is 10.1. The predicted octanol–water partition coefficient (Wildman–Crippen LogP) is 2.98. The van der Waals surface area contributed by atoms with Crippen LogP contribution < -0.4 is 5.43 Å². The van der Waals surface area contributed by atoms with Crippen LogP contribution in [0.25, 0.3) is 0 Å². The van der Waals surface area contributed by atoms with Crippen molar-refractivity contribution in [1.82, 2.24) is 5.43 Å². The Balaban J connectivity index is 2.59. The molecule has 0 heterocycles. The van der Waals surface area contributed by atoms with Gasteiger partial charge in [-0.1, -0.05) is 26.0 Å². The molecule has 92 valence electrons. The summed E-state index contributed by atoms with van der Waals surface area (Å²) in [7, 11) is 0. The lowest BCUT2D eigenvalue weighted by molar-refractivity contribution is 0.0951. The molecule has 1 aromatic rings. The number of hydrogen-bond acceptors (Lipinski definition) is 2. The Bertz CT molecular complexity index is 400. The number of benzene rings is 1. The molecule has 0 saturated carbocycles. The van der Waals surface area contributed by atoms with Crippen molar-refractivity contribution >= 4 is 12.1 Å². The highest BCUT2D eigenvalue weighted by molar-refractivity contribution is 5.94. The number of rotatable bonds is 5. The molecular formula is C13H17FN2O. The molecule has 0 aliphatic carbocycles. The smallest absolute Gasteiger partial charge is 0.267 e. The maximum Gasteiger partial charge on any atom is 0.274 e. The first-order chi connectivity index (χ1) is 8.19. The third kappa shape index (κ3) is 3.98. The molecule has 1 aromatic carbocycles. The Labute approximate surface area is 101 Å². The molecule has 3 nitrogen and oxygen atoms in total. The molecule has 0 fully saturated rings. The van der Waals surface area contributed by atoms with Crippen LogP contribution in [0.4, 0.5) is 4.39 Å². The largest absolute Gasteiger partial charge is 0.274 e. The second-order valence-electron chi connectivity index (χ2n) is 3.78. The highest BCUT2D eigenvalue weighted by atomic mass is 19.1. The number of nitrogens with zero attached hydrogens (tertiary/aromatic N) is 1. The van der Waals surface area contributed by atoms with Crippen LogP contribution in [0.15, 0.2) is 29.4 Å². The van der Waals surface area contributed by atoms with Gasteiger partial charge in [0.25, 0.3) is 5.91 Å². The topological polar surface area (TPSA) is 41.5 Å². The fourth-order valence-corrected chi connectivity index (χ4v) is 1.41. The minimum absolute atomic E-state index is 0.00852. The van der Waals surface area contributed by atoms with Crippen molar-refractivity contribution in [2.24, 2.45) is 11.0 Å². The Kier molecular flexibility index (Phi) is 5.33. The van der Waals surface area contributed by atoms with E-state index < -0.39 is 11.7 Å². The van der Waals surface area contributed by atoms with E-state index in [4.69, 9.17) is 0 Å². The fraction of sp³-hybridized carbons (Fsp3) is 0.385. The quantitative estimate of drug-likeness (QED) is 0.619. The lowest BCUT2D eigenvalue weighted by Gasteiger charge is -2.05. The Morgan fingerprint density at radius 1 is 1.41 bits per heavy atom. The van der Waals surface area contributed by atoms with E-state index in [1.807, 2.05) is 0 Å². The van der Waals surface area contributed by atoms with Crippen LogP contribution >= 0.6 is 0 Å². The number of nitrogens with one attached hydrogen (secondary N) is 1. The molecule has 17 heavy (non-hydrogen) atoms. The van der Waals surface area contributed by atoms with Gasteiger partial charge in [0, 0.05) is 6.21 Å². The molecule has 0 unspecified atom stereocenters. The summed E-state index contributed by atoms with van der Waals surface area (Å²) in [6.45, 7) is 4.11. The summed E-state index contributed by atoms with van der Waals surface area (Å²) < 4.78 is 13.2. The SMILES string of the molecule is CCC(/C=N\NC(=O)c1ccccc1F)CC. The van der Waals surface area contributed by atoms with E-state index in [2.05, 4.69) is 24.4 Å². The molecule has 0 aliphatic rings. The second kappa shape index (κ2) is 6.78. The van der Waals surface area contributed by atoms with Crippen LogP contribution in [-0.4, -0.2) is 12.1 Å². The van der Waals surface area contributed by atoms with Gasteiger partial charge in [-0.05, 0) is 30.9 Å². The molecule has 1 amide bonds. The zero-order chi connectivity index (χ0) is 12.7. The summed E-state index contributed by atoms with van der Waals surface area (Å²) in [4.78, 5) is 11.6. The molecule has 0 saturated heterocycles. The monoisotopic (exact) mass is 236 g/mol. The molecule has 0 atom stereocenters. The van der Waals surface area contributed by atoms with Gasteiger partial charge in [-0.25, -0.2) is 9.82 Å². The molecule has 0 radical (unpaired) electrons. The molecule has 4 heteroatoms. The average molecular weight is 236 g/mol. The summed E-state index contributed by atoms with van der Waals surface area (Å²) in [6.07, 6.45) is 3.63. The summed E-state index contributed by atoms with van der Waals surface area (Å²) >= 11 is 0. The van der Waals surface area contributed by atoms with Gasteiger partial charge in [0.15, 0.2) is 0 Å². The molecule has 0 aliphatic heterocycles. The van der Waals surface area contributed by atoms with Crippen LogP contribution in [0.3, 0.4) is 0 Å². The van der Waals surface area contributed by atoms with E-state index >= 15 is 0 Å². The summed E-state index contributed by atoms with van der Waals surface area (Å²) in [6, 6.07) is 5.83. The number of carbonyl (C=O) groups is 1. The number of hydrazone groups is 1. The molecule has 1 N–H and O–H groups in total. The first kappa shape index (κ1) is 13.4. The van der Waals surface area contributed by atoms with Crippen molar-refractivity contribution < 1.29 is 9.18 Å². The standard InChI is InChI=1S/C13H17FN2O/c1-3-10(4-2)9-15-16-13(17)11-7-5-6-8-12(11)14/h5-10H,3-4H2,1-2H3,(H,16,17)/b15-9-. The summed E-state index contributed by atoms with van der Waals surface area (Å²) in [5.41, 5.74) is 2.34. The van der Waals surface area contributed by atoms with E-state index in [1.165, 1.54) is 12.1 Å². The molecular weight excluding hydrogens is 219 g/mol. The van der Waals surface area contributed by atoms with Crippen molar-refractivity contribution in [1.29, 1.82) is 0 Å². The maximum atomic E-state index is 13.2. The van der Waals surface area contributed by atoms with Gasteiger partial charge in [-0.3, -0.25) is 4.79 Å². The second-order valence-corrected chi connectivity index (χ2v) is 3.78. The van der Waals surface area contributed by atoms with E-state index in [0.29, 0.717) is 5.92 Å². The summed E-state index contributed by atoms with van der Waals surface area (Å²) in [5, 5.41) is 3.84. The molecule has 1 rings (SSSR count). The van der Waals surface area contributed by atoms with Crippen molar-refractivity contribution in [3.8, 4) is 0 Å². The first-order valence-electron chi connectivity index (χ1n) is 5.77. The van der Waals surface area contributed by atoms with Crippen molar-refractivity contribution in [2.45, 2.75) is 26.7 Å². The summed E-state index contributed by atoms with van der Waals surface area (Å²) in [5.74, 6) is -0.719. The number of amides is 1. The number of carbonyl (C=O) groups excluding carboxylic acids is 1. The van der Waals surface area contributed by atoms with Gasteiger partial charge < -0.3 is 0 Å². The van der Waals surface area contributed by atoms with E-state index in [0.717, 1.165) is 12.8 Å². The lowest BCUT2D eigenvalue weighted by Crippen LogP contribution is -2.19. The van der Waals surface area contributed by atoms with E-state index in [1.54, 1.807) is 18.3 Å². The third-order valence-corrected chi connectivity index (χ3v) is 2.62. The highest BCUT2D eigenvalue weighted by Crippen LogP contribution is 2.06. The van der Waals surface area contributed by atoms with Gasteiger partial charge in [0.2, 0.25) is 0 Å². The van der Waals surface area contributed by atoms with Gasteiger partial charge in [-0.15, -0.1) is 0 Å². The number of hydrogen-bond donors (Lipinski definition) is 1. The average Bonchev–Trinajstić information content (AvgIpc) is 2.35. The highest BCUT2D eigenvalue weighted by Gasteiger charge is 2.09. The minimum Gasteiger partial charge on any atom is -0.267 e. The Hall–Kier alpha value is -1.71. The van der Waals surface area contributed by atoms with Crippen LogP contribution in [0, 0.1) is 11.7 Å². The maximum absolute atomic E-state index is 13.2. The van der Waals surface area contributed by atoms with Crippen LogP contribution in [0.5, 0.6) is 0 Å². The zero-order valence-electron chi connectivity index (χ0n) is 10.1. The minimum atomic E-state index is -0.539. The van der Waals surface area contributed by atoms with Crippen molar-refractivity contribution in [2.75, 3.05) is 0 Å². The van der Waals surface area contributed by atoms with E-state index in [9.17, 15) is 9.18 Å². The van der Waals surface area contributed by atoms with Crippen LogP contribution in [-0.2, 0) is 0 Å². The fourth-order valence-electron chi connectivity index (χ4n) is 1.41. The van der Waals surface area contributed by atoms with Crippen LogP contribution in [0.2, 0.25) is 0 Å². The molecule has 0 bridgehead atoms. The van der Waals surface area contributed by atoms with Crippen molar-refractivity contribution in [3.63, 3.8) is 0 Å².